The van der Waals surface area contributed by atoms with Gasteiger partial charge in [0.25, 0.3) is 0 Å². The number of carbonyl (C=O) groups excluding carboxylic acids is 2. The van der Waals surface area contributed by atoms with Gasteiger partial charge in [-0.15, -0.1) is 0 Å². The minimum absolute atomic E-state index is 0.255. The van der Waals surface area contributed by atoms with Crippen LogP contribution in [0.5, 0.6) is 5.75 Å². The monoisotopic (exact) mass is 248 g/mol. The molecular weight excluding hydrogens is 232 g/mol. The van der Waals surface area contributed by atoms with Crippen LogP contribution in [0.2, 0.25) is 0 Å². The summed E-state index contributed by atoms with van der Waals surface area (Å²) in [6.45, 7) is 5.68. The summed E-state index contributed by atoms with van der Waals surface area (Å²) in [6, 6.07) is 6.17. The first-order valence-electron chi connectivity index (χ1n) is 5.74. The smallest absolute Gasteiger partial charge is 0.418 e. The minimum atomic E-state index is -0.255. The molecule has 0 saturated carbocycles. The Morgan fingerprint density at radius 2 is 2.00 bits per heavy atom. The van der Waals surface area contributed by atoms with Gasteiger partial charge in [0.05, 0.1) is 0 Å². The van der Waals surface area contributed by atoms with E-state index in [1.54, 1.807) is 24.3 Å². The molecule has 2 N–H and O–H groups in total. The first-order valence-corrected chi connectivity index (χ1v) is 5.74. The van der Waals surface area contributed by atoms with Crippen LogP contribution in [0.1, 0.15) is 19.3 Å². The quantitative estimate of drug-likeness (QED) is 0.727. The molecule has 0 aliphatic carbocycles. The van der Waals surface area contributed by atoms with E-state index in [9.17, 15) is 9.59 Å². The molecule has 0 spiro atoms. The van der Waals surface area contributed by atoms with Gasteiger partial charge < -0.3 is 15.4 Å². The molecule has 5 nitrogen and oxygen atoms in total. The van der Waals surface area contributed by atoms with Crippen molar-refractivity contribution in [1.29, 1.82) is 0 Å². The molecule has 0 unspecified atom stereocenters. The predicted molar refractivity (Wildman–Crippen MR) is 69.0 cm³/mol. The van der Waals surface area contributed by atoms with Crippen LogP contribution in [0, 0.1) is 6.92 Å². The molecule has 0 aromatic heterocycles. The highest BCUT2D eigenvalue weighted by atomic mass is 16.5. The number of nitrogens with one attached hydrogen (secondary N) is 2. The molecule has 1 aromatic rings. The number of hydrogen-bond acceptors (Lipinski definition) is 3. The van der Waals surface area contributed by atoms with Crippen molar-refractivity contribution in [1.82, 2.24) is 5.32 Å². The Morgan fingerprint density at radius 1 is 1.28 bits per heavy atom. The number of benzene rings is 1. The zero-order chi connectivity index (χ0) is 13.2. The second kappa shape index (κ2) is 8.11. The summed E-state index contributed by atoms with van der Waals surface area (Å²) in [5.74, 6) is 0.381. The number of amides is 2. The van der Waals surface area contributed by atoms with Crippen LogP contribution in [-0.4, -0.2) is 19.0 Å². The number of anilines is 1. The second-order valence-corrected chi connectivity index (χ2v) is 3.65. The summed E-state index contributed by atoms with van der Waals surface area (Å²) in [5, 5.41) is 5.40. The first kappa shape index (κ1) is 14.0. The molecule has 1 aromatic carbocycles. The van der Waals surface area contributed by atoms with Crippen LogP contribution in [0.4, 0.5) is 10.5 Å². The fraction of sp³-hybridized carbons (Fsp3) is 0.308. The van der Waals surface area contributed by atoms with Gasteiger partial charge >= 0.3 is 12.5 Å². The first-order chi connectivity index (χ1) is 8.76. The van der Waals surface area contributed by atoms with Crippen LogP contribution < -0.4 is 15.4 Å². The summed E-state index contributed by atoms with van der Waals surface area (Å²) in [5.41, 5.74) is 0.628. The van der Waals surface area contributed by atoms with E-state index in [-0.39, 0.29) is 6.03 Å². The highest BCUT2D eigenvalue weighted by Gasteiger charge is 2.01. The number of ether oxygens (including phenoxy) is 1. The Hall–Kier alpha value is -2.04. The maximum absolute atomic E-state index is 11.5. The van der Waals surface area contributed by atoms with E-state index in [1.807, 2.05) is 0 Å². The lowest BCUT2D eigenvalue weighted by Gasteiger charge is -2.07. The third-order valence-corrected chi connectivity index (χ3v) is 2.23. The Kier molecular flexibility index (Phi) is 6.32. The van der Waals surface area contributed by atoms with E-state index in [1.165, 1.54) is 6.47 Å². The van der Waals surface area contributed by atoms with Crippen LogP contribution in [-0.2, 0) is 4.79 Å². The van der Waals surface area contributed by atoms with Crippen LogP contribution in [0.25, 0.3) is 0 Å². The number of unbranched alkanes of at least 4 members (excludes halogenated alkanes) is 2. The van der Waals surface area contributed by atoms with Crippen molar-refractivity contribution in [3.63, 3.8) is 0 Å². The van der Waals surface area contributed by atoms with E-state index >= 15 is 0 Å². The highest BCUT2D eigenvalue weighted by Crippen LogP contribution is 2.14. The number of hydrogen-bond donors (Lipinski definition) is 2. The molecule has 0 heterocycles. The Balaban J connectivity index is 2.32. The van der Waals surface area contributed by atoms with Gasteiger partial charge in [-0.05, 0) is 30.7 Å². The van der Waals surface area contributed by atoms with E-state index in [2.05, 4.69) is 22.3 Å². The number of urea groups is 1. The van der Waals surface area contributed by atoms with Gasteiger partial charge in [-0.3, -0.25) is 0 Å². The predicted octanol–water partition coefficient (Wildman–Crippen LogP) is 2.26. The largest absolute Gasteiger partial charge is 0.423 e. The highest BCUT2D eigenvalue weighted by molar-refractivity contribution is 5.89. The van der Waals surface area contributed by atoms with Gasteiger partial charge in [0.2, 0.25) is 0 Å². The lowest BCUT2D eigenvalue weighted by atomic mass is 10.2. The zero-order valence-electron chi connectivity index (χ0n) is 10.1. The van der Waals surface area contributed by atoms with Crippen molar-refractivity contribution >= 4 is 18.2 Å². The lowest BCUT2D eigenvalue weighted by molar-refractivity contribution is 0.252. The molecule has 0 aliphatic rings. The lowest BCUT2D eigenvalue weighted by Crippen LogP contribution is -2.29. The number of carbonyl (C=O) groups is 1. The summed E-state index contributed by atoms with van der Waals surface area (Å²) in [6.07, 6.45) is 2.78. The fourth-order valence-electron chi connectivity index (χ4n) is 1.33. The van der Waals surface area contributed by atoms with Gasteiger partial charge in [0, 0.05) is 12.2 Å². The van der Waals surface area contributed by atoms with Gasteiger partial charge in [-0.2, -0.15) is 0 Å². The molecule has 2 amide bonds. The molecule has 0 fully saturated rings. The van der Waals surface area contributed by atoms with Gasteiger partial charge in [0.1, 0.15) is 5.75 Å². The zero-order valence-corrected chi connectivity index (χ0v) is 10.1. The molecule has 0 saturated heterocycles. The van der Waals surface area contributed by atoms with Crippen LogP contribution in [0.15, 0.2) is 24.3 Å². The summed E-state index contributed by atoms with van der Waals surface area (Å²) < 4.78 is 4.52. The average molecular weight is 248 g/mol. The molecule has 0 aliphatic heterocycles. The minimum Gasteiger partial charge on any atom is -0.418 e. The normalized spacial score (nSPS) is 9.61. The van der Waals surface area contributed by atoms with Crippen LogP contribution in [0.3, 0.4) is 0 Å². The molecule has 96 valence electrons. The van der Waals surface area contributed by atoms with Gasteiger partial charge in [0.15, 0.2) is 0 Å². The van der Waals surface area contributed by atoms with Crippen molar-refractivity contribution in [2.45, 2.75) is 19.3 Å². The standard InChI is InChI=1S/C13H16N2O3/c1-2-3-4-9-14-13(17)15-11-5-7-12(8-6-11)18-10-16/h5-8H,1-4,9H2,(H2,14,15,17). The van der Waals surface area contributed by atoms with E-state index in [0.717, 1.165) is 19.3 Å². The van der Waals surface area contributed by atoms with Crippen LogP contribution >= 0.6 is 0 Å². The molecular formula is C13H16N2O3. The Labute approximate surface area is 107 Å². The molecule has 5 heteroatoms. The molecule has 1 rings (SSSR count). The number of rotatable bonds is 7. The molecule has 2 radical (unpaired) electrons. The Bertz CT molecular complexity index is 376. The van der Waals surface area contributed by atoms with Crippen molar-refractivity contribution < 1.29 is 14.3 Å². The maximum atomic E-state index is 11.5. The van der Waals surface area contributed by atoms with E-state index < -0.39 is 0 Å². The average Bonchev–Trinajstić information content (AvgIpc) is 2.37. The maximum Gasteiger partial charge on any atom is 0.423 e. The second-order valence-electron chi connectivity index (χ2n) is 3.65. The molecule has 0 bridgehead atoms. The van der Waals surface area contributed by atoms with Gasteiger partial charge in [-0.25, -0.2) is 9.59 Å². The van der Waals surface area contributed by atoms with E-state index in [0.29, 0.717) is 18.0 Å². The SMILES string of the molecule is [CH2]CCCCNC(=O)Nc1ccc(O[C]=O)cc1. The third kappa shape index (κ3) is 5.34. The van der Waals surface area contributed by atoms with Crippen molar-refractivity contribution in [3.05, 3.63) is 31.2 Å². The molecule has 0 atom stereocenters. The summed E-state index contributed by atoms with van der Waals surface area (Å²) >= 11 is 0. The van der Waals surface area contributed by atoms with Crippen molar-refractivity contribution in [3.8, 4) is 5.75 Å². The van der Waals surface area contributed by atoms with Gasteiger partial charge in [-0.1, -0.05) is 19.8 Å². The fourth-order valence-corrected chi connectivity index (χ4v) is 1.33. The summed E-state index contributed by atoms with van der Waals surface area (Å²) in [7, 11) is 0. The van der Waals surface area contributed by atoms with Crippen molar-refractivity contribution in [2.24, 2.45) is 0 Å². The molecule has 18 heavy (non-hydrogen) atoms. The van der Waals surface area contributed by atoms with Crippen molar-refractivity contribution in [2.75, 3.05) is 11.9 Å². The Morgan fingerprint density at radius 3 is 2.61 bits per heavy atom. The third-order valence-electron chi connectivity index (χ3n) is 2.23. The van der Waals surface area contributed by atoms with E-state index in [4.69, 9.17) is 0 Å². The topological polar surface area (TPSA) is 67.4 Å². The summed E-state index contributed by atoms with van der Waals surface area (Å²) in [4.78, 5) is 21.4.